The van der Waals surface area contributed by atoms with Crippen molar-refractivity contribution in [2.45, 2.75) is 44.7 Å². The van der Waals surface area contributed by atoms with Crippen molar-refractivity contribution in [3.05, 3.63) is 0 Å². The van der Waals surface area contributed by atoms with E-state index in [2.05, 4.69) is 23.5 Å². The summed E-state index contributed by atoms with van der Waals surface area (Å²) in [5, 5.41) is 6.07. The number of rotatable bonds is 6. The average molecular weight is 194 g/mol. The molecule has 0 spiro atoms. The second-order valence-electron chi connectivity index (χ2n) is 3.74. The van der Waals surface area contributed by atoms with Crippen LogP contribution in [-0.4, -0.2) is 24.5 Å². The normalized spacial score (nSPS) is 17.1. The van der Waals surface area contributed by atoms with Crippen molar-refractivity contribution < 1.29 is 4.79 Å². The van der Waals surface area contributed by atoms with Gasteiger partial charge in [0, 0.05) is 18.5 Å². The van der Waals surface area contributed by atoms with E-state index >= 15 is 0 Å². The molecule has 1 aliphatic rings. The number of hydrogen-bond acceptors (Lipinski definition) is 2. The van der Waals surface area contributed by atoms with Crippen molar-refractivity contribution in [2.75, 3.05) is 6.54 Å². The van der Waals surface area contributed by atoms with Crippen molar-refractivity contribution in [3.63, 3.8) is 0 Å². The Hall–Kier alpha value is -1.01. The third-order valence-electron chi connectivity index (χ3n) is 2.35. The number of nitrogens with one attached hydrogen (secondary N) is 2. The molecule has 0 bridgehead atoms. The number of carbonyl (C=O) groups is 1. The Balaban J connectivity index is 2.10. The summed E-state index contributed by atoms with van der Waals surface area (Å²) in [5.74, 6) is 2.69. The van der Waals surface area contributed by atoms with Gasteiger partial charge >= 0.3 is 0 Å². The minimum atomic E-state index is 0.0861. The Morgan fingerprint density at radius 1 is 1.64 bits per heavy atom. The van der Waals surface area contributed by atoms with Gasteiger partial charge in [-0.3, -0.25) is 4.79 Å². The van der Waals surface area contributed by atoms with E-state index in [9.17, 15) is 4.79 Å². The van der Waals surface area contributed by atoms with E-state index < -0.39 is 0 Å². The standard InChI is InChI=1S/C11H18N2O/c1-3-5-9(4-2)12-8-11(14)13-10-6-7-10/h1,9-10,12H,4-8H2,2H3,(H,13,14). The van der Waals surface area contributed by atoms with Gasteiger partial charge in [-0.2, -0.15) is 0 Å². The second-order valence-corrected chi connectivity index (χ2v) is 3.74. The van der Waals surface area contributed by atoms with Crippen LogP contribution in [0.25, 0.3) is 0 Å². The first kappa shape index (κ1) is 11.1. The highest BCUT2D eigenvalue weighted by molar-refractivity contribution is 5.78. The van der Waals surface area contributed by atoms with Gasteiger partial charge in [-0.1, -0.05) is 6.92 Å². The third kappa shape index (κ3) is 4.29. The van der Waals surface area contributed by atoms with Gasteiger partial charge in [-0.25, -0.2) is 0 Å². The van der Waals surface area contributed by atoms with Crippen LogP contribution < -0.4 is 10.6 Å². The summed E-state index contributed by atoms with van der Waals surface area (Å²) in [6, 6.07) is 0.710. The maximum absolute atomic E-state index is 11.3. The first-order valence-electron chi connectivity index (χ1n) is 5.22. The molecule has 0 radical (unpaired) electrons. The summed E-state index contributed by atoms with van der Waals surface area (Å²) in [6.07, 6.45) is 9.12. The van der Waals surface area contributed by atoms with E-state index in [4.69, 9.17) is 6.42 Å². The molecular formula is C11H18N2O. The molecule has 2 N–H and O–H groups in total. The quantitative estimate of drug-likeness (QED) is 0.610. The second kappa shape index (κ2) is 5.66. The Morgan fingerprint density at radius 2 is 2.36 bits per heavy atom. The predicted molar refractivity (Wildman–Crippen MR) is 56.7 cm³/mol. The fourth-order valence-corrected chi connectivity index (χ4v) is 1.25. The summed E-state index contributed by atoms with van der Waals surface area (Å²) < 4.78 is 0. The van der Waals surface area contributed by atoms with Crippen LogP contribution in [0.4, 0.5) is 0 Å². The molecule has 78 valence electrons. The van der Waals surface area contributed by atoms with E-state index in [0.29, 0.717) is 19.0 Å². The molecule has 1 unspecified atom stereocenters. The predicted octanol–water partition coefficient (Wildman–Crippen LogP) is 0.656. The van der Waals surface area contributed by atoms with Crippen LogP contribution in [0.5, 0.6) is 0 Å². The topological polar surface area (TPSA) is 41.1 Å². The Labute approximate surface area is 85.6 Å². The Kier molecular flexibility index (Phi) is 4.48. The van der Waals surface area contributed by atoms with E-state index in [1.807, 2.05) is 0 Å². The highest BCUT2D eigenvalue weighted by Crippen LogP contribution is 2.18. The molecule has 3 nitrogen and oxygen atoms in total. The first-order valence-corrected chi connectivity index (χ1v) is 5.22. The van der Waals surface area contributed by atoms with E-state index in [1.165, 1.54) is 0 Å². The van der Waals surface area contributed by atoms with Crippen molar-refractivity contribution in [3.8, 4) is 12.3 Å². The zero-order chi connectivity index (χ0) is 10.4. The highest BCUT2D eigenvalue weighted by atomic mass is 16.2. The Bertz CT molecular complexity index is 228. The molecule has 14 heavy (non-hydrogen) atoms. The lowest BCUT2D eigenvalue weighted by atomic mass is 10.1. The van der Waals surface area contributed by atoms with Crippen molar-refractivity contribution in [1.82, 2.24) is 10.6 Å². The van der Waals surface area contributed by atoms with Crippen molar-refractivity contribution in [2.24, 2.45) is 0 Å². The van der Waals surface area contributed by atoms with Crippen LogP contribution in [-0.2, 0) is 4.79 Å². The number of hydrogen-bond donors (Lipinski definition) is 2. The number of carbonyl (C=O) groups excluding carboxylic acids is 1. The molecule has 0 saturated heterocycles. The largest absolute Gasteiger partial charge is 0.352 e. The van der Waals surface area contributed by atoms with Gasteiger partial charge in [0.1, 0.15) is 0 Å². The molecule has 0 aliphatic heterocycles. The van der Waals surface area contributed by atoms with Crippen LogP contribution in [0.1, 0.15) is 32.6 Å². The number of terminal acetylenes is 1. The van der Waals surface area contributed by atoms with E-state index in [0.717, 1.165) is 19.3 Å². The van der Waals surface area contributed by atoms with Crippen LogP contribution >= 0.6 is 0 Å². The fraction of sp³-hybridized carbons (Fsp3) is 0.727. The van der Waals surface area contributed by atoms with E-state index in [1.54, 1.807) is 0 Å². The lowest BCUT2D eigenvalue weighted by Crippen LogP contribution is -2.39. The van der Waals surface area contributed by atoms with Crippen LogP contribution in [0.15, 0.2) is 0 Å². The molecule has 1 atom stereocenters. The smallest absolute Gasteiger partial charge is 0.234 e. The molecule has 0 aromatic carbocycles. The monoisotopic (exact) mass is 194 g/mol. The minimum absolute atomic E-state index is 0.0861. The molecule has 1 rings (SSSR count). The van der Waals surface area contributed by atoms with Gasteiger partial charge < -0.3 is 10.6 Å². The average Bonchev–Trinajstić information content (AvgIpc) is 2.96. The summed E-state index contributed by atoms with van der Waals surface area (Å²) in [7, 11) is 0. The van der Waals surface area contributed by atoms with Crippen LogP contribution in [0.3, 0.4) is 0 Å². The van der Waals surface area contributed by atoms with Gasteiger partial charge in [0.25, 0.3) is 0 Å². The van der Waals surface area contributed by atoms with E-state index in [-0.39, 0.29) is 11.9 Å². The lowest BCUT2D eigenvalue weighted by Gasteiger charge is -2.13. The summed E-state index contributed by atoms with van der Waals surface area (Å²) in [6.45, 7) is 2.45. The fourth-order valence-electron chi connectivity index (χ4n) is 1.25. The Morgan fingerprint density at radius 3 is 2.86 bits per heavy atom. The lowest BCUT2D eigenvalue weighted by molar-refractivity contribution is -0.120. The summed E-state index contributed by atoms with van der Waals surface area (Å²) in [5.41, 5.74) is 0. The minimum Gasteiger partial charge on any atom is -0.352 e. The van der Waals surface area contributed by atoms with Crippen molar-refractivity contribution in [1.29, 1.82) is 0 Å². The molecule has 0 aromatic heterocycles. The van der Waals surface area contributed by atoms with Crippen molar-refractivity contribution >= 4 is 5.91 Å². The SMILES string of the molecule is C#CCC(CC)NCC(=O)NC1CC1. The summed E-state index contributed by atoms with van der Waals surface area (Å²) >= 11 is 0. The zero-order valence-corrected chi connectivity index (χ0v) is 8.68. The molecular weight excluding hydrogens is 176 g/mol. The van der Waals surface area contributed by atoms with Gasteiger partial charge in [-0.15, -0.1) is 12.3 Å². The third-order valence-corrected chi connectivity index (χ3v) is 2.35. The molecule has 1 fully saturated rings. The summed E-state index contributed by atoms with van der Waals surface area (Å²) in [4.78, 5) is 11.3. The molecule has 0 aromatic rings. The van der Waals surface area contributed by atoms with Gasteiger partial charge in [-0.05, 0) is 19.3 Å². The van der Waals surface area contributed by atoms with Crippen LogP contribution in [0.2, 0.25) is 0 Å². The zero-order valence-electron chi connectivity index (χ0n) is 8.68. The maximum Gasteiger partial charge on any atom is 0.234 e. The molecule has 3 heteroatoms. The van der Waals surface area contributed by atoms with Gasteiger partial charge in [0.05, 0.1) is 6.54 Å². The van der Waals surface area contributed by atoms with Gasteiger partial charge in [0.15, 0.2) is 0 Å². The highest BCUT2D eigenvalue weighted by Gasteiger charge is 2.23. The molecule has 1 saturated carbocycles. The first-order chi connectivity index (χ1) is 6.76. The van der Waals surface area contributed by atoms with Gasteiger partial charge in [0.2, 0.25) is 5.91 Å². The molecule has 0 heterocycles. The maximum atomic E-state index is 11.3. The van der Waals surface area contributed by atoms with Crippen LogP contribution in [0, 0.1) is 12.3 Å². The molecule has 1 amide bonds. The molecule has 1 aliphatic carbocycles. The number of amides is 1.